The minimum atomic E-state index is -0.266. The zero-order valence-electron chi connectivity index (χ0n) is 15.5. The molecule has 0 spiro atoms. The van der Waals surface area contributed by atoms with E-state index in [4.69, 9.17) is 9.47 Å². The normalized spacial score (nSPS) is 14.0. The van der Waals surface area contributed by atoms with Gasteiger partial charge in [-0.25, -0.2) is 9.97 Å². The summed E-state index contributed by atoms with van der Waals surface area (Å²) < 4.78 is 10.4. The number of nitrogens with one attached hydrogen (secondary N) is 2. The number of ether oxygens (including phenoxy) is 2. The van der Waals surface area contributed by atoms with Gasteiger partial charge in [-0.1, -0.05) is 12.1 Å². The van der Waals surface area contributed by atoms with Crippen molar-refractivity contribution in [2.45, 2.75) is 6.42 Å². The number of rotatable bonds is 8. The van der Waals surface area contributed by atoms with Crippen molar-refractivity contribution in [1.82, 2.24) is 9.97 Å². The largest absolute Gasteiger partial charge is 0.385 e. The Morgan fingerprint density at radius 3 is 2.89 bits per heavy atom. The highest BCUT2D eigenvalue weighted by Crippen LogP contribution is 2.26. The van der Waals surface area contributed by atoms with Gasteiger partial charge in [-0.2, -0.15) is 0 Å². The van der Waals surface area contributed by atoms with Crippen LogP contribution in [0.2, 0.25) is 0 Å². The number of aromatic nitrogens is 2. The summed E-state index contributed by atoms with van der Waals surface area (Å²) >= 11 is 0. The standard InChI is InChI=1S/C19H25N5O3/c1-26-12-4-8-20-19-21-9-7-16(23-19)18(25)22-15-5-2-3-6-17(15)24-10-13-27-14-11-24/h2-3,5-7,9H,4,8,10-14H2,1H3,(H,22,25)(H,20,21,23). The van der Waals surface area contributed by atoms with E-state index in [1.165, 1.54) is 0 Å². The van der Waals surface area contributed by atoms with Gasteiger partial charge in [0.25, 0.3) is 5.91 Å². The Balaban J connectivity index is 1.67. The van der Waals surface area contributed by atoms with E-state index in [0.717, 1.165) is 30.9 Å². The molecule has 2 heterocycles. The fraction of sp³-hybridized carbons (Fsp3) is 0.421. The number of hydrogen-bond donors (Lipinski definition) is 2. The maximum atomic E-state index is 12.7. The van der Waals surface area contributed by atoms with E-state index in [-0.39, 0.29) is 5.91 Å². The van der Waals surface area contributed by atoms with Crippen LogP contribution >= 0.6 is 0 Å². The summed E-state index contributed by atoms with van der Waals surface area (Å²) in [4.78, 5) is 23.3. The topological polar surface area (TPSA) is 88.6 Å². The summed E-state index contributed by atoms with van der Waals surface area (Å²) in [6.07, 6.45) is 2.41. The quantitative estimate of drug-likeness (QED) is 0.686. The molecule has 0 saturated carbocycles. The summed E-state index contributed by atoms with van der Waals surface area (Å²) in [5.41, 5.74) is 2.06. The van der Waals surface area contributed by atoms with Crippen molar-refractivity contribution in [3.05, 3.63) is 42.2 Å². The monoisotopic (exact) mass is 371 g/mol. The van der Waals surface area contributed by atoms with Gasteiger partial charge in [0.2, 0.25) is 5.95 Å². The minimum absolute atomic E-state index is 0.266. The zero-order chi connectivity index (χ0) is 18.9. The van der Waals surface area contributed by atoms with E-state index in [1.807, 2.05) is 24.3 Å². The molecule has 1 amide bonds. The van der Waals surface area contributed by atoms with Crippen LogP contribution in [-0.2, 0) is 9.47 Å². The maximum Gasteiger partial charge on any atom is 0.274 e. The molecule has 144 valence electrons. The van der Waals surface area contributed by atoms with Gasteiger partial charge < -0.3 is 25.0 Å². The first-order valence-electron chi connectivity index (χ1n) is 9.07. The van der Waals surface area contributed by atoms with Crippen molar-refractivity contribution in [2.24, 2.45) is 0 Å². The number of anilines is 3. The van der Waals surface area contributed by atoms with Crippen molar-refractivity contribution in [3.63, 3.8) is 0 Å². The summed E-state index contributed by atoms with van der Waals surface area (Å²) in [6.45, 7) is 4.31. The van der Waals surface area contributed by atoms with E-state index in [0.29, 0.717) is 38.0 Å². The van der Waals surface area contributed by atoms with Crippen LogP contribution < -0.4 is 15.5 Å². The van der Waals surface area contributed by atoms with Gasteiger partial charge >= 0.3 is 0 Å². The molecule has 1 aliphatic heterocycles. The molecule has 0 aliphatic carbocycles. The molecule has 0 unspecified atom stereocenters. The number of methoxy groups -OCH3 is 1. The molecule has 3 rings (SSSR count). The summed E-state index contributed by atoms with van der Waals surface area (Å²) in [5.74, 6) is 0.165. The SMILES string of the molecule is COCCCNc1nccc(C(=O)Nc2ccccc2N2CCOCC2)n1. The second-order valence-electron chi connectivity index (χ2n) is 6.11. The Kier molecular flexibility index (Phi) is 6.95. The van der Waals surface area contributed by atoms with Gasteiger partial charge in [0.05, 0.1) is 24.6 Å². The van der Waals surface area contributed by atoms with Crippen LogP contribution in [0.1, 0.15) is 16.9 Å². The molecule has 1 saturated heterocycles. The third kappa shape index (κ3) is 5.38. The van der Waals surface area contributed by atoms with Crippen molar-refractivity contribution < 1.29 is 14.3 Å². The van der Waals surface area contributed by atoms with Gasteiger partial charge in [0, 0.05) is 39.5 Å². The van der Waals surface area contributed by atoms with E-state index < -0.39 is 0 Å². The lowest BCUT2D eigenvalue weighted by molar-refractivity contribution is 0.102. The Morgan fingerprint density at radius 2 is 2.07 bits per heavy atom. The lowest BCUT2D eigenvalue weighted by atomic mass is 10.2. The summed E-state index contributed by atoms with van der Waals surface area (Å²) in [5, 5.41) is 6.07. The van der Waals surface area contributed by atoms with Crippen molar-refractivity contribution >= 4 is 23.2 Å². The van der Waals surface area contributed by atoms with E-state index in [2.05, 4.69) is 25.5 Å². The van der Waals surface area contributed by atoms with Crippen LogP contribution in [0.4, 0.5) is 17.3 Å². The molecule has 0 radical (unpaired) electrons. The van der Waals surface area contributed by atoms with Gasteiger partial charge in [-0.3, -0.25) is 4.79 Å². The number of amides is 1. The highest BCUT2D eigenvalue weighted by atomic mass is 16.5. The molecule has 27 heavy (non-hydrogen) atoms. The minimum Gasteiger partial charge on any atom is -0.385 e. The molecule has 1 fully saturated rings. The van der Waals surface area contributed by atoms with Crippen LogP contribution in [0.25, 0.3) is 0 Å². The van der Waals surface area contributed by atoms with Crippen molar-refractivity contribution in [3.8, 4) is 0 Å². The molecule has 8 nitrogen and oxygen atoms in total. The van der Waals surface area contributed by atoms with Crippen LogP contribution in [0.15, 0.2) is 36.5 Å². The average Bonchev–Trinajstić information content (AvgIpc) is 2.72. The highest BCUT2D eigenvalue weighted by Gasteiger charge is 2.17. The number of hydrogen-bond acceptors (Lipinski definition) is 7. The zero-order valence-corrected chi connectivity index (χ0v) is 15.5. The molecule has 8 heteroatoms. The predicted molar refractivity (Wildman–Crippen MR) is 104 cm³/mol. The Bertz CT molecular complexity index is 750. The Labute approximate surface area is 158 Å². The molecule has 1 aromatic heterocycles. The number of benzene rings is 1. The molecule has 0 bridgehead atoms. The van der Waals surface area contributed by atoms with Crippen LogP contribution in [0, 0.1) is 0 Å². The second-order valence-corrected chi connectivity index (χ2v) is 6.11. The molecule has 2 N–H and O–H groups in total. The smallest absolute Gasteiger partial charge is 0.274 e. The Hall–Kier alpha value is -2.71. The maximum absolute atomic E-state index is 12.7. The van der Waals surface area contributed by atoms with Gasteiger partial charge in [0.15, 0.2) is 0 Å². The van der Waals surface area contributed by atoms with Gasteiger partial charge in [-0.05, 0) is 24.6 Å². The lowest BCUT2D eigenvalue weighted by Gasteiger charge is -2.30. The van der Waals surface area contributed by atoms with E-state index in [1.54, 1.807) is 19.4 Å². The number of nitrogens with zero attached hydrogens (tertiary/aromatic N) is 3. The highest BCUT2D eigenvalue weighted by molar-refractivity contribution is 6.04. The first kappa shape index (κ1) is 19.1. The molecule has 0 atom stereocenters. The van der Waals surface area contributed by atoms with E-state index >= 15 is 0 Å². The van der Waals surface area contributed by atoms with Crippen molar-refractivity contribution in [2.75, 3.05) is 62.1 Å². The predicted octanol–water partition coefficient (Wildman–Crippen LogP) is 2.01. The summed E-state index contributed by atoms with van der Waals surface area (Å²) in [6, 6.07) is 9.38. The third-order valence-corrected chi connectivity index (χ3v) is 4.20. The molecular weight excluding hydrogens is 346 g/mol. The molecule has 1 aromatic carbocycles. The molecule has 1 aliphatic rings. The number of carbonyl (C=O) groups is 1. The van der Waals surface area contributed by atoms with Gasteiger partial charge in [-0.15, -0.1) is 0 Å². The average molecular weight is 371 g/mol. The number of para-hydroxylation sites is 2. The van der Waals surface area contributed by atoms with Gasteiger partial charge in [0.1, 0.15) is 5.69 Å². The van der Waals surface area contributed by atoms with E-state index in [9.17, 15) is 4.79 Å². The fourth-order valence-electron chi connectivity index (χ4n) is 2.83. The van der Waals surface area contributed by atoms with Crippen LogP contribution in [-0.4, -0.2) is 62.4 Å². The van der Waals surface area contributed by atoms with Crippen LogP contribution in [0.5, 0.6) is 0 Å². The fourth-order valence-corrected chi connectivity index (χ4v) is 2.83. The molecular formula is C19H25N5O3. The van der Waals surface area contributed by atoms with Crippen LogP contribution in [0.3, 0.4) is 0 Å². The number of carbonyl (C=O) groups excluding carboxylic acids is 1. The second kappa shape index (κ2) is 9.84. The first-order chi connectivity index (χ1) is 13.3. The Morgan fingerprint density at radius 1 is 1.26 bits per heavy atom. The third-order valence-electron chi connectivity index (χ3n) is 4.20. The lowest BCUT2D eigenvalue weighted by Crippen LogP contribution is -2.36. The molecule has 2 aromatic rings. The number of morpholine rings is 1. The summed E-state index contributed by atoms with van der Waals surface area (Å²) in [7, 11) is 1.66. The first-order valence-corrected chi connectivity index (χ1v) is 9.07. The van der Waals surface area contributed by atoms with Crippen molar-refractivity contribution in [1.29, 1.82) is 0 Å².